The van der Waals surface area contributed by atoms with E-state index in [0.29, 0.717) is 18.7 Å². The molecule has 1 unspecified atom stereocenters. The summed E-state index contributed by atoms with van der Waals surface area (Å²) >= 11 is 0. The molecule has 0 saturated carbocycles. The molecular weight excluding hydrogens is 440 g/mol. The van der Waals surface area contributed by atoms with Crippen molar-refractivity contribution in [3.63, 3.8) is 0 Å². The number of aryl methyl sites for hydroxylation is 1. The lowest BCUT2D eigenvalue weighted by atomic mass is 9.84. The van der Waals surface area contributed by atoms with Gasteiger partial charge in [0, 0.05) is 17.7 Å². The number of benzene rings is 2. The maximum atomic E-state index is 13.3. The minimum Gasteiger partial charge on any atom is -0.507 e. The minimum absolute atomic E-state index is 0.134. The maximum absolute atomic E-state index is 13.3. The van der Waals surface area contributed by atoms with Crippen LogP contribution in [0.3, 0.4) is 0 Å². The molecule has 1 aliphatic heterocycles. The summed E-state index contributed by atoms with van der Waals surface area (Å²) in [5.41, 5.74) is 3.16. The van der Waals surface area contributed by atoms with E-state index in [-0.39, 0.29) is 16.7 Å². The van der Waals surface area contributed by atoms with E-state index in [9.17, 15) is 14.7 Å². The number of carbonyl (C=O) groups excluding carboxylic acids is 2. The van der Waals surface area contributed by atoms with Crippen LogP contribution in [0.2, 0.25) is 0 Å². The number of hydrogen-bond donors (Lipinski definition) is 1. The molecule has 2 aromatic rings. The molecular formula is C29H38N2O4. The quantitative estimate of drug-likeness (QED) is 0.326. The van der Waals surface area contributed by atoms with Crippen LogP contribution in [0, 0.1) is 6.92 Å². The summed E-state index contributed by atoms with van der Waals surface area (Å²) < 4.78 is 5.82. The number of aliphatic hydroxyl groups excluding tert-OH is 1. The van der Waals surface area contributed by atoms with E-state index in [1.54, 1.807) is 11.0 Å². The van der Waals surface area contributed by atoms with Crippen LogP contribution in [0.1, 0.15) is 62.4 Å². The van der Waals surface area contributed by atoms with Crippen LogP contribution in [0.5, 0.6) is 5.75 Å². The molecule has 1 amide bonds. The number of likely N-dealkylation sites (tertiary alicyclic amines) is 1. The normalized spacial score (nSPS) is 17.9. The molecule has 3 rings (SSSR count). The average molecular weight is 479 g/mol. The third kappa shape index (κ3) is 5.76. The topological polar surface area (TPSA) is 70.1 Å². The first kappa shape index (κ1) is 26.5. The van der Waals surface area contributed by atoms with Gasteiger partial charge >= 0.3 is 0 Å². The molecule has 1 saturated heterocycles. The molecule has 1 atom stereocenters. The number of carbonyl (C=O) groups is 2. The van der Waals surface area contributed by atoms with Crippen LogP contribution in [-0.2, 0) is 15.0 Å². The Labute approximate surface area is 209 Å². The molecule has 1 fully saturated rings. The highest BCUT2D eigenvalue weighted by Crippen LogP contribution is 2.41. The third-order valence-corrected chi connectivity index (χ3v) is 6.26. The van der Waals surface area contributed by atoms with E-state index in [1.165, 1.54) is 0 Å². The summed E-state index contributed by atoms with van der Waals surface area (Å²) in [7, 11) is 3.95. The summed E-state index contributed by atoms with van der Waals surface area (Å²) in [6.07, 6.45) is 0.722. The largest absolute Gasteiger partial charge is 0.507 e. The Hall–Kier alpha value is -3.12. The average Bonchev–Trinajstić information content (AvgIpc) is 3.03. The van der Waals surface area contributed by atoms with Crippen molar-refractivity contribution in [3.05, 3.63) is 70.3 Å². The smallest absolute Gasteiger partial charge is 0.295 e. The summed E-state index contributed by atoms with van der Waals surface area (Å²) in [6, 6.07) is 12.6. The zero-order chi connectivity index (χ0) is 25.9. The van der Waals surface area contributed by atoms with Gasteiger partial charge in [0.25, 0.3) is 11.7 Å². The molecule has 35 heavy (non-hydrogen) atoms. The first-order valence-corrected chi connectivity index (χ1v) is 12.2. The predicted molar refractivity (Wildman–Crippen MR) is 140 cm³/mol. The Bertz CT molecular complexity index is 1130. The van der Waals surface area contributed by atoms with E-state index in [0.717, 1.165) is 35.4 Å². The molecule has 6 nitrogen and oxygen atoms in total. The number of nitrogens with zero attached hydrogens (tertiary/aromatic N) is 2. The van der Waals surface area contributed by atoms with Crippen molar-refractivity contribution in [3.8, 4) is 5.75 Å². The number of ether oxygens (including phenoxy) is 1. The highest BCUT2D eigenvalue weighted by molar-refractivity contribution is 6.46. The van der Waals surface area contributed by atoms with Crippen LogP contribution in [0.15, 0.2) is 48.0 Å². The second-order valence-corrected chi connectivity index (χ2v) is 10.5. The van der Waals surface area contributed by atoms with Crippen molar-refractivity contribution in [2.45, 2.75) is 52.5 Å². The number of amides is 1. The highest BCUT2D eigenvalue weighted by atomic mass is 16.5. The van der Waals surface area contributed by atoms with E-state index < -0.39 is 17.7 Å². The Kier molecular flexibility index (Phi) is 8.06. The summed E-state index contributed by atoms with van der Waals surface area (Å²) in [5.74, 6) is -0.627. The summed E-state index contributed by atoms with van der Waals surface area (Å²) in [4.78, 5) is 30.1. The number of hydrogen-bond acceptors (Lipinski definition) is 5. The SMILES string of the molecule is CCOc1ccc(/C(O)=C2/C(=O)C(=O)N(CCCN(C)C)C2c2cccc(C)c2)cc1C(C)(C)C. The molecule has 1 N–H and O–H groups in total. The second kappa shape index (κ2) is 10.6. The Morgan fingerprint density at radius 3 is 2.43 bits per heavy atom. The number of ketones is 1. The van der Waals surface area contributed by atoms with Gasteiger partial charge in [-0.25, -0.2) is 0 Å². The van der Waals surface area contributed by atoms with Crippen molar-refractivity contribution >= 4 is 17.4 Å². The standard InChI is InChI=1S/C29H38N2O4/c1-8-35-23-14-13-21(18-22(23)29(3,4)5)26(32)24-25(20-12-9-11-19(2)17-20)31(28(34)27(24)33)16-10-15-30(6)7/h9,11-14,17-18,25,32H,8,10,15-16H2,1-7H3/b26-24-. The van der Waals surface area contributed by atoms with Gasteiger partial charge in [-0.15, -0.1) is 0 Å². The fraction of sp³-hybridized carbons (Fsp3) is 0.448. The van der Waals surface area contributed by atoms with E-state index in [4.69, 9.17) is 4.74 Å². The van der Waals surface area contributed by atoms with Crippen LogP contribution in [0.25, 0.3) is 5.76 Å². The lowest BCUT2D eigenvalue weighted by Gasteiger charge is -2.26. The van der Waals surface area contributed by atoms with E-state index in [2.05, 4.69) is 20.8 Å². The van der Waals surface area contributed by atoms with E-state index in [1.807, 2.05) is 69.2 Å². The zero-order valence-corrected chi connectivity index (χ0v) is 22.0. The molecule has 0 aliphatic carbocycles. The van der Waals surface area contributed by atoms with Gasteiger partial charge < -0.3 is 19.6 Å². The fourth-order valence-corrected chi connectivity index (χ4v) is 4.55. The summed E-state index contributed by atoms with van der Waals surface area (Å²) in [5, 5.41) is 11.5. The highest BCUT2D eigenvalue weighted by Gasteiger charge is 2.45. The van der Waals surface area contributed by atoms with Gasteiger partial charge in [0.15, 0.2) is 0 Å². The Balaban J connectivity index is 2.16. The minimum atomic E-state index is -0.648. The van der Waals surface area contributed by atoms with Crippen LogP contribution < -0.4 is 4.74 Å². The molecule has 1 aliphatic rings. The number of rotatable bonds is 8. The summed E-state index contributed by atoms with van der Waals surface area (Å²) in [6.45, 7) is 11.9. The van der Waals surface area contributed by atoms with Gasteiger partial charge in [-0.1, -0.05) is 50.6 Å². The van der Waals surface area contributed by atoms with Crippen LogP contribution >= 0.6 is 0 Å². The molecule has 0 radical (unpaired) electrons. The Morgan fingerprint density at radius 2 is 1.83 bits per heavy atom. The van der Waals surface area contributed by atoms with Crippen LogP contribution in [-0.4, -0.2) is 60.4 Å². The van der Waals surface area contributed by atoms with Gasteiger partial charge in [0.2, 0.25) is 0 Å². The van der Waals surface area contributed by atoms with Gasteiger partial charge in [-0.05, 0) is 70.1 Å². The van der Waals surface area contributed by atoms with Gasteiger partial charge in [0.1, 0.15) is 11.5 Å². The molecule has 0 bridgehead atoms. The Morgan fingerprint density at radius 1 is 1.11 bits per heavy atom. The van der Waals surface area contributed by atoms with Crippen molar-refractivity contribution in [1.82, 2.24) is 9.80 Å². The van der Waals surface area contributed by atoms with Gasteiger partial charge in [-0.3, -0.25) is 9.59 Å². The van der Waals surface area contributed by atoms with Crippen molar-refractivity contribution in [2.24, 2.45) is 0 Å². The van der Waals surface area contributed by atoms with Crippen molar-refractivity contribution in [1.29, 1.82) is 0 Å². The molecule has 188 valence electrons. The van der Waals surface area contributed by atoms with Crippen LogP contribution in [0.4, 0.5) is 0 Å². The first-order valence-electron chi connectivity index (χ1n) is 12.2. The number of aliphatic hydroxyl groups is 1. The van der Waals surface area contributed by atoms with E-state index >= 15 is 0 Å². The van der Waals surface area contributed by atoms with Crippen molar-refractivity contribution in [2.75, 3.05) is 33.8 Å². The zero-order valence-electron chi connectivity index (χ0n) is 22.0. The first-order chi connectivity index (χ1) is 16.5. The fourth-order valence-electron chi connectivity index (χ4n) is 4.55. The number of Topliss-reactive ketones (excluding diaryl/α,β-unsaturated/α-hetero) is 1. The third-order valence-electron chi connectivity index (χ3n) is 6.26. The second-order valence-electron chi connectivity index (χ2n) is 10.5. The van der Waals surface area contributed by atoms with Gasteiger partial charge in [0.05, 0.1) is 18.2 Å². The molecule has 1 heterocycles. The molecule has 2 aromatic carbocycles. The lowest BCUT2D eigenvalue weighted by molar-refractivity contribution is -0.139. The maximum Gasteiger partial charge on any atom is 0.295 e. The lowest BCUT2D eigenvalue weighted by Crippen LogP contribution is -2.32. The monoisotopic (exact) mass is 478 g/mol. The molecule has 0 spiro atoms. The molecule has 6 heteroatoms. The van der Waals surface area contributed by atoms with Crippen molar-refractivity contribution < 1.29 is 19.4 Å². The molecule has 0 aromatic heterocycles. The van der Waals surface area contributed by atoms with Gasteiger partial charge in [-0.2, -0.15) is 0 Å². The predicted octanol–water partition coefficient (Wildman–Crippen LogP) is 5.06.